The Hall–Kier alpha value is -5.39. The van der Waals surface area contributed by atoms with Crippen LogP contribution in [0, 0.1) is 18.1 Å². The summed E-state index contributed by atoms with van der Waals surface area (Å²) >= 11 is 0. The molecule has 63 heavy (non-hydrogen) atoms. The van der Waals surface area contributed by atoms with Crippen LogP contribution in [-0.2, 0) is 26.5 Å². The maximum atomic E-state index is 6.47. The molecule has 321 valence electrons. The Morgan fingerprint density at radius 2 is 1.40 bits per heavy atom. The van der Waals surface area contributed by atoms with E-state index in [9.17, 15) is 0 Å². The van der Waals surface area contributed by atoms with E-state index in [-0.39, 0.29) is 20.1 Å². The topological polar surface area (TPSA) is 43.9 Å². The van der Waals surface area contributed by atoms with Gasteiger partial charge in [-0.05, 0) is 87.6 Å². The monoisotopic (exact) mass is 1020 g/mol. The number of furan rings is 1. The van der Waals surface area contributed by atoms with Crippen molar-refractivity contribution in [3.05, 3.63) is 168 Å². The van der Waals surface area contributed by atoms with Gasteiger partial charge in [0.1, 0.15) is 5.58 Å². The fourth-order valence-corrected chi connectivity index (χ4v) is 11.0. The zero-order valence-corrected chi connectivity index (χ0v) is 41.0. The van der Waals surface area contributed by atoms with Crippen LogP contribution in [0.3, 0.4) is 0 Å². The summed E-state index contributed by atoms with van der Waals surface area (Å²) in [6.45, 7) is 16.4. The molecule has 3 aromatic heterocycles. The molecule has 3 heterocycles. The summed E-state index contributed by atoms with van der Waals surface area (Å²) in [4.78, 5) is 9.99. The molecule has 0 unspecified atom stereocenters. The van der Waals surface area contributed by atoms with Crippen LogP contribution in [0.25, 0.3) is 72.4 Å². The fourth-order valence-electron chi connectivity index (χ4n) is 9.46. The number of hydrogen-bond acceptors (Lipinski definition) is 3. The molecule has 0 atom stereocenters. The number of rotatable bonds is 9. The molecule has 6 heteroatoms. The third kappa shape index (κ3) is 9.04. The standard InChI is InChI=1S/C37H31N2O.C20H26NSi.Ir/c1-23(2)30-21-26(25-13-6-5-7-14-25)22-31(24(3)4)35(30)39-33-19-10-9-18-32(33)38-37(39)29-17-12-16-28-27-15-8-11-20-34(27)40-36(28)29;1-22(2,3)20-15-21-19(17-11-5-4-6-12-17)14-18(20)13-16-9-7-8-10-16;/h5-16,18-24H,1-4H3;4-6,11,14-16H,7-10,13H2,1-3H3;/q2*-1;. The predicted molar refractivity (Wildman–Crippen MR) is 263 cm³/mol. The van der Waals surface area contributed by atoms with E-state index in [0.29, 0.717) is 11.8 Å². The first kappa shape index (κ1) is 44.2. The van der Waals surface area contributed by atoms with Crippen molar-refractivity contribution >= 4 is 46.2 Å². The number of nitrogens with zero attached hydrogens (tertiary/aromatic N) is 3. The van der Waals surface area contributed by atoms with E-state index in [0.717, 1.165) is 61.5 Å². The van der Waals surface area contributed by atoms with Crippen molar-refractivity contribution in [3.8, 4) is 39.5 Å². The second-order valence-electron chi connectivity index (χ2n) is 18.7. The van der Waals surface area contributed by atoms with Gasteiger partial charge in [-0.1, -0.05) is 156 Å². The van der Waals surface area contributed by atoms with Crippen LogP contribution in [-0.4, -0.2) is 22.6 Å². The molecule has 9 aromatic rings. The summed E-state index contributed by atoms with van der Waals surface area (Å²) in [5.41, 5.74) is 14.6. The van der Waals surface area contributed by atoms with Crippen molar-refractivity contribution in [2.45, 2.75) is 91.3 Å². The zero-order chi connectivity index (χ0) is 43.0. The second-order valence-corrected chi connectivity index (χ2v) is 23.8. The van der Waals surface area contributed by atoms with Gasteiger partial charge in [-0.3, -0.25) is 4.98 Å². The number of pyridine rings is 1. The van der Waals surface area contributed by atoms with E-state index in [2.05, 4.69) is 173 Å². The Balaban J connectivity index is 0.000000201. The first-order valence-electron chi connectivity index (χ1n) is 22.5. The first-order valence-corrected chi connectivity index (χ1v) is 26.0. The van der Waals surface area contributed by atoms with Gasteiger partial charge in [-0.2, -0.15) is 0 Å². The quantitative estimate of drug-likeness (QED) is 0.107. The van der Waals surface area contributed by atoms with Gasteiger partial charge in [0.15, 0.2) is 0 Å². The molecular weight excluding hydrogens is 963 g/mol. The smallest absolute Gasteiger partial charge is 0.120 e. The molecule has 1 fully saturated rings. The maximum Gasteiger partial charge on any atom is 0.120 e. The van der Waals surface area contributed by atoms with E-state index in [1.807, 2.05) is 30.3 Å². The summed E-state index contributed by atoms with van der Waals surface area (Å²) < 4.78 is 8.83. The summed E-state index contributed by atoms with van der Waals surface area (Å²) in [6, 6.07) is 53.5. The normalized spacial score (nSPS) is 13.2. The number of para-hydroxylation sites is 3. The summed E-state index contributed by atoms with van der Waals surface area (Å²) in [7, 11) is -1.35. The van der Waals surface area contributed by atoms with Crippen LogP contribution in [0.15, 0.2) is 144 Å². The van der Waals surface area contributed by atoms with Crippen molar-refractivity contribution in [3.63, 3.8) is 0 Å². The van der Waals surface area contributed by atoms with Gasteiger partial charge < -0.3 is 14.0 Å². The van der Waals surface area contributed by atoms with E-state index in [1.165, 1.54) is 60.0 Å². The van der Waals surface area contributed by atoms with E-state index in [1.54, 1.807) is 10.8 Å². The Labute approximate surface area is 388 Å². The fraction of sp³-hybridized carbons (Fsp3) is 0.263. The third-order valence-corrected chi connectivity index (χ3v) is 14.7. The van der Waals surface area contributed by atoms with Gasteiger partial charge in [0.2, 0.25) is 0 Å². The zero-order valence-electron chi connectivity index (χ0n) is 37.6. The minimum atomic E-state index is -1.35. The van der Waals surface area contributed by atoms with Crippen LogP contribution in [0.2, 0.25) is 19.6 Å². The molecule has 1 aliphatic rings. The first-order chi connectivity index (χ1) is 30.0. The van der Waals surface area contributed by atoms with Crippen molar-refractivity contribution < 1.29 is 24.5 Å². The van der Waals surface area contributed by atoms with Crippen LogP contribution in [0.4, 0.5) is 0 Å². The molecule has 1 radical (unpaired) electrons. The largest absolute Gasteiger partial charge is 0.501 e. The molecule has 0 bridgehead atoms. The molecule has 10 rings (SSSR count). The van der Waals surface area contributed by atoms with E-state index >= 15 is 0 Å². The summed E-state index contributed by atoms with van der Waals surface area (Å²) in [5.74, 6) is 2.33. The number of benzene rings is 6. The Morgan fingerprint density at radius 3 is 2.10 bits per heavy atom. The summed E-state index contributed by atoms with van der Waals surface area (Å²) in [5, 5.41) is 3.72. The molecule has 0 amide bonds. The molecular formula is C57H57IrN3OSi-2. The molecule has 0 saturated heterocycles. The van der Waals surface area contributed by atoms with Gasteiger partial charge in [-0.15, -0.1) is 54.1 Å². The van der Waals surface area contributed by atoms with Gasteiger partial charge in [-0.25, -0.2) is 0 Å². The van der Waals surface area contributed by atoms with Gasteiger partial charge >= 0.3 is 0 Å². The maximum absolute atomic E-state index is 6.47. The molecule has 4 nitrogen and oxygen atoms in total. The molecule has 1 aliphatic carbocycles. The van der Waals surface area contributed by atoms with Crippen molar-refractivity contribution in [2.24, 2.45) is 5.92 Å². The number of fused-ring (bicyclic) bond motifs is 4. The Morgan fingerprint density at radius 1 is 0.714 bits per heavy atom. The SMILES string of the molecule is CC(C)c1cc(-c2ccccc2)cc(C(C)C)c1-n1c(-c2[c-]ccc3c2oc2ccccc23)nc2ccccc21.C[Si](C)(C)c1cnc(-c2[c-]cccc2)cc1CC1CCCC1.[Ir]. The molecule has 6 aromatic carbocycles. The minimum Gasteiger partial charge on any atom is -0.501 e. The van der Waals surface area contributed by atoms with Crippen LogP contribution in [0.5, 0.6) is 0 Å². The van der Waals surface area contributed by atoms with Crippen molar-refractivity contribution in [2.75, 3.05) is 0 Å². The molecule has 0 aliphatic heterocycles. The van der Waals surface area contributed by atoms with Crippen LogP contribution in [0.1, 0.15) is 81.9 Å². The molecule has 0 spiro atoms. The van der Waals surface area contributed by atoms with E-state index in [4.69, 9.17) is 14.4 Å². The van der Waals surface area contributed by atoms with Gasteiger partial charge in [0, 0.05) is 37.4 Å². The predicted octanol–water partition coefficient (Wildman–Crippen LogP) is 15.1. The second kappa shape index (κ2) is 18.8. The van der Waals surface area contributed by atoms with Gasteiger partial charge in [0.25, 0.3) is 0 Å². The van der Waals surface area contributed by atoms with E-state index < -0.39 is 8.07 Å². The van der Waals surface area contributed by atoms with Crippen LogP contribution >= 0.6 is 0 Å². The van der Waals surface area contributed by atoms with Crippen LogP contribution < -0.4 is 5.19 Å². The Kier molecular flexibility index (Phi) is 13.2. The summed E-state index contributed by atoms with van der Waals surface area (Å²) in [6.07, 6.45) is 9.03. The minimum absolute atomic E-state index is 0. The van der Waals surface area contributed by atoms with Crippen molar-refractivity contribution in [1.82, 2.24) is 14.5 Å². The third-order valence-electron chi connectivity index (χ3n) is 12.6. The average Bonchev–Trinajstić information content (AvgIpc) is 4.04. The van der Waals surface area contributed by atoms with Crippen molar-refractivity contribution in [1.29, 1.82) is 0 Å². The molecule has 0 N–H and O–H groups in total. The number of aromatic nitrogens is 3. The van der Waals surface area contributed by atoms with Gasteiger partial charge in [0.05, 0.1) is 30.5 Å². The number of hydrogen-bond donors (Lipinski definition) is 0. The Bertz CT molecular complexity index is 2960. The molecule has 1 saturated carbocycles. The number of imidazole rings is 1. The average molecular weight is 1020 g/mol.